The van der Waals surface area contributed by atoms with Crippen molar-refractivity contribution in [1.82, 2.24) is 10.3 Å². The first-order valence-electron chi connectivity index (χ1n) is 9.75. The molecule has 4 rings (SSSR count). The van der Waals surface area contributed by atoms with Gasteiger partial charge in [-0.25, -0.2) is 9.59 Å². The van der Waals surface area contributed by atoms with Gasteiger partial charge in [-0.3, -0.25) is 4.98 Å². The van der Waals surface area contributed by atoms with Gasteiger partial charge in [-0.2, -0.15) is 0 Å². The molecule has 2 heterocycles. The van der Waals surface area contributed by atoms with E-state index < -0.39 is 11.9 Å². The van der Waals surface area contributed by atoms with Crippen LogP contribution in [0.3, 0.4) is 0 Å². The largest absolute Gasteiger partial charge is 0.478 e. The highest BCUT2D eigenvalue weighted by Gasteiger charge is 2.23. The standard InChI is InChI=1S/C19H19ClN2.C4H4O4/c20-16-6-5-13-3-4-15-2-1-9-22-19(15)18(17(13)12-16)14-7-10-21-11-8-14;5-3(6)1-2-4(7)8/h1-2,5-6,9,12,21H,3-4,7-8,10-11H2;1-2H,(H,5,6)(H,7,8)/b;2-1+. The number of aliphatic carboxylic acids is 2. The fourth-order valence-electron chi connectivity index (χ4n) is 3.74. The number of nitrogens with one attached hydrogen (secondary N) is 1. The van der Waals surface area contributed by atoms with Crippen LogP contribution in [0.4, 0.5) is 0 Å². The number of aromatic nitrogens is 1. The zero-order valence-electron chi connectivity index (χ0n) is 16.4. The number of hydrogen-bond donors (Lipinski definition) is 3. The van der Waals surface area contributed by atoms with Gasteiger partial charge in [0.2, 0.25) is 0 Å². The van der Waals surface area contributed by atoms with Gasteiger partial charge >= 0.3 is 11.9 Å². The molecule has 0 radical (unpaired) electrons. The molecule has 7 heteroatoms. The number of hydrogen-bond acceptors (Lipinski definition) is 4. The molecule has 30 heavy (non-hydrogen) atoms. The van der Waals surface area contributed by atoms with E-state index in [4.69, 9.17) is 26.8 Å². The molecule has 1 aliphatic heterocycles. The summed E-state index contributed by atoms with van der Waals surface area (Å²) in [7, 11) is 0. The van der Waals surface area contributed by atoms with Crippen molar-refractivity contribution in [3.05, 3.63) is 81.7 Å². The van der Waals surface area contributed by atoms with Gasteiger partial charge in [-0.15, -0.1) is 0 Å². The Hall–Kier alpha value is -2.96. The van der Waals surface area contributed by atoms with Crippen molar-refractivity contribution in [1.29, 1.82) is 0 Å². The first kappa shape index (κ1) is 21.7. The van der Waals surface area contributed by atoms with Crippen LogP contribution in [-0.2, 0) is 22.4 Å². The van der Waals surface area contributed by atoms with Crippen molar-refractivity contribution in [2.75, 3.05) is 13.1 Å². The molecule has 156 valence electrons. The summed E-state index contributed by atoms with van der Waals surface area (Å²) in [6.07, 6.45) is 7.32. The van der Waals surface area contributed by atoms with Gasteiger partial charge in [0, 0.05) is 28.9 Å². The van der Waals surface area contributed by atoms with E-state index in [0.717, 1.165) is 43.8 Å². The van der Waals surface area contributed by atoms with E-state index in [9.17, 15) is 9.59 Å². The van der Waals surface area contributed by atoms with Gasteiger partial charge in [0.15, 0.2) is 0 Å². The van der Waals surface area contributed by atoms with E-state index in [2.05, 4.69) is 23.5 Å². The number of carboxylic acids is 2. The molecule has 6 nitrogen and oxygen atoms in total. The number of benzene rings is 1. The van der Waals surface area contributed by atoms with Crippen LogP contribution in [0.25, 0.3) is 5.57 Å². The van der Waals surface area contributed by atoms with Crippen LogP contribution in [0.2, 0.25) is 5.02 Å². The van der Waals surface area contributed by atoms with Gasteiger partial charge in [0.25, 0.3) is 0 Å². The molecule has 3 N–H and O–H groups in total. The predicted molar refractivity (Wildman–Crippen MR) is 116 cm³/mol. The van der Waals surface area contributed by atoms with Crippen molar-refractivity contribution in [3.63, 3.8) is 0 Å². The third-order valence-corrected chi connectivity index (χ3v) is 5.30. The average Bonchev–Trinajstić information content (AvgIpc) is 2.90. The molecule has 0 unspecified atom stereocenters. The second kappa shape index (κ2) is 10.2. The van der Waals surface area contributed by atoms with Crippen molar-refractivity contribution < 1.29 is 19.8 Å². The molecule has 1 aliphatic carbocycles. The predicted octanol–water partition coefficient (Wildman–Crippen LogP) is 3.73. The molecule has 2 aliphatic rings. The number of carboxylic acid groups (broad SMARTS) is 2. The maximum Gasteiger partial charge on any atom is 0.328 e. The Bertz CT molecular complexity index is 990. The average molecular weight is 427 g/mol. The lowest BCUT2D eigenvalue weighted by atomic mass is 9.89. The second-order valence-electron chi connectivity index (χ2n) is 7.05. The molecular weight excluding hydrogens is 404 g/mol. The minimum atomic E-state index is -1.26. The van der Waals surface area contributed by atoms with E-state index in [1.165, 1.54) is 33.5 Å². The highest BCUT2D eigenvalue weighted by atomic mass is 35.5. The van der Waals surface area contributed by atoms with Crippen LogP contribution in [-0.4, -0.2) is 40.2 Å². The normalized spacial score (nSPS) is 15.5. The third kappa shape index (κ3) is 5.55. The lowest BCUT2D eigenvalue weighted by molar-refractivity contribution is -0.134. The first-order valence-corrected chi connectivity index (χ1v) is 10.1. The molecule has 1 saturated heterocycles. The van der Waals surface area contributed by atoms with Crippen LogP contribution in [0.5, 0.6) is 0 Å². The van der Waals surface area contributed by atoms with E-state index in [-0.39, 0.29) is 0 Å². The quantitative estimate of drug-likeness (QED) is 0.633. The SMILES string of the molecule is Clc1ccc2c(c1)C(=C1CCNCC1)c1ncccc1CC2.O=C(O)/C=C/C(=O)O. The van der Waals surface area contributed by atoms with E-state index in [1.54, 1.807) is 0 Å². The van der Waals surface area contributed by atoms with Gasteiger partial charge in [-0.05, 0) is 73.7 Å². The minimum absolute atomic E-state index is 0.558. The Morgan fingerprint density at radius 3 is 2.30 bits per heavy atom. The molecule has 0 saturated carbocycles. The van der Waals surface area contributed by atoms with Crippen molar-refractivity contribution in [3.8, 4) is 0 Å². The molecular formula is C23H23ClN2O4. The summed E-state index contributed by atoms with van der Waals surface area (Å²) >= 11 is 6.31. The van der Waals surface area contributed by atoms with Crippen LogP contribution in [0, 0.1) is 0 Å². The van der Waals surface area contributed by atoms with Gasteiger partial charge in [-0.1, -0.05) is 29.3 Å². The minimum Gasteiger partial charge on any atom is -0.478 e. The van der Waals surface area contributed by atoms with E-state index >= 15 is 0 Å². The lowest BCUT2D eigenvalue weighted by Crippen LogP contribution is -2.24. The maximum atomic E-state index is 9.55. The highest BCUT2D eigenvalue weighted by molar-refractivity contribution is 6.30. The zero-order valence-corrected chi connectivity index (χ0v) is 17.2. The number of pyridine rings is 1. The molecule has 1 aromatic heterocycles. The van der Waals surface area contributed by atoms with Crippen molar-refractivity contribution in [2.24, 2.45) is 0 Å². The number of aryl methyl sites for hydroxylation is 2. The van der Waals surface area contributed by atoms with Crippen LogP contribution < -0.4 is 5.32 Å². The van der Waals surface area contributed by atoms with Gasteiger partial charge < -0.3 is 15.5 Å². The number of rotatable bonds is 2. The number of carbonyl (C=O) groups is 2. The Labute approximate surface area is 179 Å². The zero-order chi connectivity index (χ0) is 21.5. The molecule has 1 aromatic carbocycles. The van der Waals surface area contributed by atoms with Crippen LogP contribution in [0.15, 0.2) is 54.3 Å². The fourth-order valence-corrected chi connectivity index (χ4v) is 3.91. The molecule has 1 fully saturated rings. The number of nitrogens with zero attached hydrogens (tertiary/aromatic N) is 1. The smallest absolute Gasteiger partial charge is 0.328 e. The highest BCUT2D eigenvalue weighted by Crippen LogP contribution is 2.37. The van der Waals surface area contributed by atoms with Crippen molar-refractivity contribution >= 4 is 29.1 Å². The summed E-state index contributed by atoms with van der Waals surface area (Å²) in [6, 6.07) is 10.6. The third-order valence-electron chi connectivity index (χ3n) is 5.06. The van der Waals surface area contributed by atoms with E-state index in [0.29, 0.717) is 12.2 Å². The number of halogens is 1. The summed E-state index contributed by atoms with van der Waals surface area (Å²) in [5.74, 6) is -2.51. The topological polar surface area (TPSA) is 99.5 Å². The fraction of sp³-hybridized carbons (Fsp3) is 0.261. The lowest BCUT2D eigenvalue weighted by Gasteiger charge is -2.21. The number of piperidine rings is 1. The Morgan fingerprint density at radius 1 is 0.967 bits per heavy atom. The first-order chi connectivity index (χ1) is 14.5. The summed E-state index contributed by atoms with van der Waals surface area (Å²) in [4.78, 5) is 23.9. The maximum absolute atomic E-state index is 9.55. The molecule has 2 aromatic rings. The Kier molecular flexibility index (Phi) is 7.38. The Morgan fingerprint density at radius 2 is 1.63 bits per heavy atom. The summed E-state index contributed by atoms with van der Waals surface area (Å²) in [5, 5.41) is 19.9. The molecule has 0 spiro atoms. The van der Waals surface area contributed by atoms with Gasteiger partial charge in [0.05, 0.1) is 5.69 Å². The monoisotopic (exact) mass is 426 g/mol. The van der Waals surface area contributed by atoms with Crippen molar-refractivity contribution in [2.45, 2.75) is 25.7 Å². The molecule has 0 amide bonds. The summed E-state index contributed by atoms with van der Waals surface area (Å²) in [5.41, 5.74) is 8.07. The van der Waals surface area contributed by atoms with Gasteiger partial charge in [0.1, 0.15) is 0 Å². The summed E-state index contributed by atoms with van der Waals surface area (Å²) in [6.45, 7) is 2.10. The second-order valence-corrected chi connectivity index (χ2v) is 7.49. The summed E-state index contributed by atoms with van der Waals surface area (Å²) < 4.78 is 0. The number of fused-ring (bicyclic) bond motifs is 2. The van der Waals surface area contributed by atoms with Crippen LogP contribution >= 0.6 is 11.6 Å². The Balaban J connectivity index is 0.000000275. The van der Waals surface area contributed by atoms with Crippen LogP contribution in [0.1, 0.15) is 35.2 Å². The molecule has 0 bridgehead atoms. The molecule has 0 atom stereocenters. The van der Waals surface area contributed by atoms with E-state index in [1.807, 2.05) is 18.3 Å².